The predicted molar refractivity (Wildman–Crippen MR) is 67.0 cm³/mol. The lowest BCUT2D eigenvalue weighted by atomic mass is 10.0. The first-order valence-corrected chi connectivity index (χ1v) is 5.93. The van der Waals surface area contributed by atoms with Crippen LogP contribution in [0.5, 0.6) is 0 Å². The molecule has 1 heterocycles. The van der Waals surface area contributed by atoms with Crippen LogP contribution in [0.2, 0.25) is 0 Å². The zero-order chi connectivity index (χ0) is 11.1. The average molecular weight is 208 g/mol. The number of rotatable bonds is 5. The molecule has 86 valence electrons. The molecule has 0 radical (unpaired) electrons. The van der Waals surface area contributed by atoms with Crippen molar-refractivity contribution in [3.63, 3.8) is 0 Å². The van der Waals surface area contributed by atoms with Gasteiger partial charge in [0.2, 0.25) is 0 Å². The lowest BCUT2D eigenvalue weighted by Crippen LogP contribution is -2.45. The van der Waals surface area contributed by atoms with Crippen molar-refractivity contribution in [2.45, 2.75) is 20.3 Å². The van der Waals surface area contributed by atoms with Gasteiger partial charge in [0.15, 0.2) is 0 Å². The van der Waals surface area contributed by atoms with Crippen LogP contribution in [0, 0.1) is 5.92 Å². The van der Waals surface area contributed by atoms with Gasteiger partial charge in [-0.1, -0.05) is 31.2 Å². The molecule has 2 heteroatoms. The van der Waals surface area contributed by atoms with Crippen LogP contribution in [0.25, 0.3) is 0 Å². The Morgan fingerprint density at radius 1 is 1.47 bits per heavy atom. The Morgan fingerprint density at radius 2 is 2.13 bits per heavy atom. The van der Waals surface area contributed by atoms with Crippen molar-refractivity contribution in [3.8, 4) is 0 Å². The number of piperazine rings is 1. The Hall–Kier alpha value is -0.600. The molecule has 0 spiro atoms. The van der Waals surface area contributed by atoms with E-state index >= 15 is 0 Å². The normalized spacial score (nSPS) is 21.3. The Labute approximate surface area is 94.0 Å². The van der Waals surface area contributed by atoms with Gasteiger partial charge in [-0.05, 0) is 19.3 Å². The van der Waals surface area contributed by atoms with Gasteiger partial charge in [-0.25, -0.2) is 0 Å². The van der Waals surface area contributed by atoms with Gasteiger partial charge < -0.3 is 10.2 Å². The molecule has 1 atom stereocenters. The second-order valence-electron chi connectivity index (χ2n) is 4.61. The quantitative estimate of drug-likeness (QED) is 0.696. The third kappa shape index (κ3) is 5.14. The summed E-state index contributed by atoms with van der Waals surface area (Å²) < 4.78 is 0. The first-order valence-electron chi connectivity index (χ1n) is 5.93. The summed E-state index contributed by atoms with van der Waals surface area (Å²) in [7, 11) is 0. The van der Waals surface area contributed by atoms with E-state index in [0.717, 1.165) is 19.0 Å². The van der Waals surface area contributed by atoms with Crippen molar-refractivity contribution in [2.75, 3.05) is 32.7 Å². The Morgan fingerprint density at radius 3 is 2.73 bits per heavy atom. The van der Waals surface area contributed by atoms with E-state index in [4.69, 9.17) is 0 Å². The largest absolute Gasteiger partial charge is 0.314 e. The molecule has 0 aliphatic carbocycles. The first-order chi connectivity index (χ1) is 7.22. The van der Waals surface area contributed by atoms with Gasteiger partial charge in [0.05, 0.1) is 0 Å². The molecule has 1 saturated heterocycles. The number of nitrogens with one attached hydrogen (secondary N) is 1. The zero-order valence-corrected chi connectivity index (χ0v) is 10.1. The minimum Gasteiger partial charge on any atom is -0.314 e. The maximum Gasteiger partial charge on any atom is 0.0107 e. The van der Waals surface area contributed by atoms with Crippen molar-refractivity contribution in [1.82, 2.24) is 10.2 Å². The summed E-state index contributed by atoms with van der Waals surface area (Å²) in [6.07, 6.45) is 5.19. The van der Waals surface area contributed by atoms with Gasteiger partial charge in [0.25, 0.3) is 0 Å². The molecule has 2 nitrogen and oxygen atoms in total. The Bertz CT molecular complexity index is 215. The van der Waals surface area contributed by atoms with Crippen molar-refractivity contribution in [3.05, 3.63) is 24.3 Å². The van der Waals surface area contributed by atoms with Crippen molar-refractivity contribution in [2.24, 2.45) is 5.92 Å². The van der Waals surface area contributed by atoms with Gasteiger partial charge in [0, 0.05) is 32.7 Å². The highest BCUT2D eigenvalue weighted by molar-refractivity contribution is 5.08. The fraction of sp³-hybridized carbons (Fsp3) is 0.692. The molecule has 1 N–H and O–H groups in total. The van der Waals surface area contributed by atoms with Crippen molar-refractivity contribution < 1.29 is 0 Å². The highest BCUT2D eigenvalue weighted by Crippen LogP contribution is 2.12. The van der Waals surface area contributed by atoms with E-state index in [0.29, 0.717) is 0 Å². The van der Waals surface area contributed by atoms with Crippen LogP contribution >= 0.6 is 0 Å². The molecule has 1 rings (SSSR count). The monoisotopic (exact) mass is 208 g/mol. The van der Waals surface area contributed by atoms with Crippen LogP contribution < -0.4 is 5.32 Å². The van der Waals surface area contributed by atoms with Crippen molar-refractivity contribution in [1.29, 1.82) is 0 Å². The van der Waals surface area contributed by atoms with E-state index in [9.17, 15) is 0 Å². The third-order valence-electron chi connectivity index (χ3n) is 2.85. The smallest absolute Gasteiger partial charge is 0.0107 e. The summed E-state index contributed by atoms with van der Waals surface area (Å²) in [6, 6.07) is 0. The van der Waals surface area contributed by atoms with E-state index in [-0.39, 0.29) is 0 Å². The van der Waals surface area contributed by atoms with Gasteiger partial charge in [0.1, 0.15) is 0 Å². The van der Waals surface area contributed by atoms with Crippen LogP contribution in [0.3, 0.4) is 0 Å². The molecule has 1 unspecified atom stereocenters. The molecule has 0 bridgehead atoms. The summed E-state index contributed by atoms with van der Waals surface area (Å²) in [5, 5.41) is 3.38. The molecule has 1 aliphatic heterocycles. The Kier molecular flexibility index (Phi) is 5.66. The van der Waals surface area contributed by atoms with Crippen molar-refractivity contribution >= 4 is 0 Å². The maximum absolute atomic E-state index is 3.73. The average Bonchev–Trinajstić information content (AvgIpc) is 2.19. The minimum absolute atomic E-state index is 0.749. The second-order valence-corrected chi connectivity index (χ2v) is 4.61. The standard InChI is InChI=1S/C13H24N2/c1-4-5-12(2)10-13(3)11-15-8-6-14-7-9-15/h4-5,13-14H,1,6-11H2,2-3H3/b12-5-. The van der Waals surface area contributed by atoms with Crippen LogP contribution in [-0.4, -0.2) is 37.6 Å². The van der Waals surface area contributed by atoms with Gasteiger partial charge in [-0.3, -0.25) is 0 Å². The van der Waals surface area contributed by atoms with E-state index in [1.54, 1.807) is 0 Å². The molecule has 1 fully saturated rings. The highest BCUT2D eigenvalue weighted by atomic mass is 15.2. The number of hydrogen-bond acceptors (Lipinski definition) is 2. The second kappa shape index (κ2) is 6.81. The lowest BCUT2D eigenvalue weighted by Gasteiger charge is -2.29. The zero-order valence-electron chi connectivity index (χ0n) is 10.1. The minimum atomic E-state index is 0.749. The van der Waals surface area contributed by atoms with Gasteiger partial charge in [-0.15, -0.1) is 0 Å². The summed E-state index contributed by atoms with van der Waals surface area (Å²) >= 11 is 0. The summed E-state index contributed by atoms with van der Waals surface area (Å²) in [4.78, 5) is 2.56. The molecule has 1 aliphatic rings. The van der Waals surface area contributed by atoms with E-state index in [1.807, 2.05) is 6.08 Å². The van der Waals surface area contributed by atoms with Crippen LogP contribution in [-0.2, 0) is 0 Å². The van der Waals surface area contributed by atoms with Crippen LogP contribution in [0.4, 0.5) is 0 Å². The maximum atomic E-state index is 3.73. The fourth-order valence-electron chi connectivity index (χ4n) is 2.22. The lowest BCUT2D eigenvalue weighted by molar-refractivity contribution is 0.211. The van der Waals surface area contributed by atoms with Gasteiger partial charge >= 0.3 is 0 Å². The predicted octanol–water partition coefficient (Wildman–Crippen LogP) is 2.05. The molecule has 0 aromatic rings. The molecule has 0 amide bonds. The Balaban J connectivity index is 2.24. The highest BCUT2D eigenvalue weighted by Gasteiger charge is 2.12. The third-order valence-corrected chi connectivity index (χ3v) is 2.85. The number of nitrogens with zero attached hydrogens (tertiary/aromatic N) is 1. The molecule has 0 aromatic heterocycles. The summed E-state index contributed by atoms with van der Waals surface area (Å²) in [5.74, 6) is 0.749. The van der Waals surface area contributed by atoms with Crippen LogP contribution in [0.15, 0.2) is 24.3 Å². The molecular formula is C13H24N2. The molecule has 0 saturated carbocycles. The topological polar surface area (TPSA) is 15.3 Å². The molecule has 15 heavy (non-hydrogen) atoms. The van der Waals surface area contributed by atoms with Crippen LogP contribution in [0.1, 0.15) is 20.3 Å². The SMILES string of the molecule is C=C/C=C(/C)CC(C)CN1CCNCC1. The fourth-order valence-corrected chi connectivity index (χ4v) is 2.22. The van der Waals surface area contributed by atoms with E-state index in [1.165, 1.54) is 31.6 Å². The van der Waals surface area contributed by atoms with E-state index in [2.05, 4.69) is 36.7 Å². The van der Waals surface area contributed by atoms with E-state index < -0.39 is 0 Å². The van der Waals surface area contributed by atoms with Gasteiger partial charge in [-0.2, -0.15) is 0 Å². The first kappa shape index (κ1) is 12.5. The molecular weight excluding hydrogens is 184 g/mol. The number of hydrogen-bond donors (Lipinski definition) is 1. The summed E-state index contributed by atoms with van der Waals surface area (Å²) in [6.45, 7) is 14.2. The summed E-state index contributed by atoms with van der Waals surface area (Å²) in [5.41, 5.74) is 1.44. The number of allylic oxidation sites excluding steroid dienone is 3. The molecule has 0 aromatic carbocycles.